The van der Waals surface area contributed by atoms with E-state index in [1.54, 1.807) is 24.3 Å². The fourth-order valence-electron chi connectivity index (χ4n) is 1.61. The summed E-state index contributed by atoms with van der Waals surface area (Å²) in [5.41, 5.74) is 7.95. The van der Waals surface area contributed by atoms with Crippen molar-refractivity contribution in [1.82, 2.24) is 9.97 Å². The Morgan fingerprint density at radius 2 is 1.75 bits per heavy atom. The van der Waals surface area contributed by atoms with Crippen molar-refractivity contribution in [2.75, 3.05) is 0 Å². The summed E-state index contributed by atoms with van der Waals surface area (Å²) in [6.07, 6.45) is 0. The van der Waals surface area contributed by atoms with E-state index in [2.05, 4.69) is 15.0 Å². The zero-order valence-electron chi connectivity index (χ0n) is 11.2. The second kappa shape index (κ2) is 6.29. The van der Waals surface area contributed by atoms with Crippen LogP contribution in [0.15, 0.2) is 41.4 Å². The lowest BCUT2D eigenvalue weighted by atomic mass is 10.2. The van der Waals surface area contributed by atoms with E-state index < -0.39 is 0 Å². The lowest BCUT2D eigenvalue weighted by molar-refractivity contribution is 0.109. The van der Waals surface area contributed by atoms with Gasteiger partial charge in [0.15, 0.2) is 5.17 Å². The van der Waals surface area contributed by atoms with Gasteiger partial charge in [0.1, 0.15) is 0 Å². The Morgan fingerprint density at radius 1 is 1.15 bits per heavy atom. The number of rotatable bonds is 2. The van der Waals surface area contributed by atoms with E-state index in [1.807, 2.05) is 26.0 Å². The van der Waals surface area contributed by atoms with Gasteiger partial charge >= 0.3 is 0 Å². The van der Waals surface area contributed by atoms with Gasteiger partial charge in [-0.1, -0.05) is 30.3 Å². The fraction of sp³-hybridized carbons (Fsp3) is 0.143. The molecule has 0 bridgehead atoms. The summed E-state index contributed by atoms with van der Waals surface area (Å²) in [6, 6.07) is 10.8. The molecule has 1 heterocycles. The topological polar surface area (TPSA) is 81.2 Å². The molecule has 0 spiro atoms. The van der Waals surface area contributed by atoms with Crippen molar-refractivity contribution >= 4 is 28.0 Å². The quantitative estimate of drug-likeness (QED) is 0.678. The molecule has 0 aliphatic carbocycles. The molecule has 0 saturated carbocycles. The van der Waals surface area contributed by atoms with Gasteiger partial charge in [-0.25, -0.2) is 9.97 Å². The Kier molecular flexibility index (Phi) is 4.47. The molecule has 0 aliphatic rings. The molecule has 5 nitrogen and oxygen atoms in total. The van der Waals surface area contributed by atoms with Gasteiger partial charge in [0.2, 0.25) is 5.12 Å². The van der Waals surface area contributed by atoms with Crippen LogP contribution in [0.3, 0.4) is 0 Å². The predicted octanol–water partition coefficient (Wildman–Crippen LogP) is 2.61. The second-order valence-electron chi connectivity index (χ2n) is 4.16. The third-order valence-electron chi connectivity index (χ3n) is 2.39. The van der Waals surface area contributed by atoms with Gasteiger partial charge in [-0.05, 0) is 31.7 Å². The molecule has 20 heavy (non-hydrogen) atoms. The molecule has 1 aromatic carbocycles. The largest absolute Gasteiger partial charge is 0.378 e. The van der Waals surface area contributed by atoms with Crippen LogP contribution in [0.25, 0.3) is 0 Å². The number of thioether (sulfide) groups is 1. The number of carbonyl (C=O) groups is 1. The van der Waals surface area contributed by atoms with Gasteiger partial charge in [0.25, 0.3) is 5.95 Å². The Hall–Kier alpha value is -2.21. The van der Waals surface area contributed by atoms with Crippen molar-refractivity contribution in [3.63, 3.8) is 0 Å². The number of carbonyl (C=O) groups excluding carboxylic acids is 1. The van der Waals surface area contributed by atoms with Crippen LogP contribution in [0.5, 0.6) is 0 Å². The lowest BCUT2D eigenvalue weighted by Gasteiger charge is -2.01. The third-order valence-corrected chi connectivity index (χ3v) is 3.11. The first-order chi connectivity index (χ1) is 9.54. The third kappa shape index (κ3) is 3.89. The minimum atomic E-state index is -0.156. The van der Waals surface area contributed by atoms with Crippen molar-refractivity contribution < 1.29 is 4.79 Å². The van der Waals surface area contributed by atoms with Crippen molar-refractivity contribution in [3.8, 4) is 0 Å². The summed E-state index contributed by atoms with van der Waals surface area (Å²) in [5, 5.41) is -0.0277. The normalized spacial score (nSPS) is 11.4. The number of hydrogen-bond donors (Lipinski definition) is 1. The first kappa shape index (κ1) is 14.2. The van der Waals surface area contributed by atoms with Crippen molar-refractivity contribution in [2.45, 2.75) is 13.8 Å². The Balaban J connectivity index is 2.13. The number of amidine groups is 1. The molecule has 0 amide bonds. The van der Waals surface area contributed by atoms with E-state index in [4.69, 9.17) is 5.73 Å². The number of nitrogens with two attached hydrogens (primary N) is 1. The maximum absolute atomic E-state index is 11.9. The Bertz CT molecular complexity index is 635. The highest BCUT2D eigenvalue weighted by molar-refractivity contribution is 8.26. The van der Waals surface area contributed by atoms with E-state index in [1.165, 1.54) is 0 Å². The predicted molar refractivity (Wildman–Crippen MR) is 81.2 cm³/mol. The van der Waals surface area contributed by atoms with Gasteiger partial charge in [-0.15, -0.1) is 0 Å². The minimum Gasteiger partial charge on any atom is -0.378 e. The van der Waals surface area contributed by atoms with Crippen LogP contribution in [0.2, 0.25) is 0 Å². The van der Waals surface area contributed by atoms with Gasteiger partial charge < -0.3 is 5.73 Å². The molecular formula is C14H14N4OS. The van der Waals surface area contributed by atoms with Gasteiger partial charge in [0, 0.05) is 17.0 Å². The molecular weight excluding hydrogens is 272 g/mol. The molecule has 2 aromatic rings. The zero-order valence-corrected chi connectivity index (χ0v) is 12.0. The van der Waals surface area contributed by atoms with Crippen molar-refractivity contribution in [2.24, 2.45) is 10.7 Å². The molecule has 2 N–H and O–H groups in total. The molecule has 0 saturated heterocycles. The van der Waals surface area contributed by atoms with Crippen molar-refractivity contribution in [3.05, 3.63) is 53.3 Å². The minimum absolute atomic E-state index is 0.129. The number of aromatic nitrogens is 2. The van der Waals surface area contributed by atoms with Crippen LogP contribution >= 0.6 is 11.8 Å². The lowest BCUT2D eigenvalue weighted by Crippen LogP contribution is -2.10. The van der Waals surface area contributed by atoms with Crippen LogP contribution in [0.4, 0.5) is 5.95 Å². The number of nitrogens with zero attached hydrogens (tertiary/aromatic N) is 3. The Morgan fingerprint density at radius 3 is 2.35 bits per heavy atom. The molecule has 0 atom stereocenters. The van der Waals surface area contributed by atoms with Gasteiger partial charge in [-0.3, -0.25) is 4.79 Å². The summed E-state index contributed by atoms with van der Waals surface area (Å²) < 4.78 is 0. The average Bonchev–Trinajstić information content (AvgIpc) is 2.38. The molecule has 102 valence electrons. The van der Waals surface area contributed by atoms with E-state index in [-0.39, 0.29) is 16.2 Å². The van der Waals surface area contributed by atoms with Crippen LogP contribution < -0.4 is 5.73 Å². The summed E-state index contributed by atoms with van der Waals surface area (Å²) >= 11 is 0.868. The van der Waals surface area contributed by atoms with Gasteiger partial charge in [0.05, 0.1) is 0 Å². The molecule has 6 heteroatoms. The number of benzene rings is 1. The summed E-state index contributed by atoms with van der Waals surface area (Å²) in [4.78, 5) is 24.3. The van der Waals surface area contributed by atoms with E-state index >= 15 is 0 Å². The highest BCUT2D eigenvalue weighted by atomic mass is 32.2. The van der Waals surface area contributed by atoms with Crippen LogP contribution in [0.1, 0.15) is 21.7 Å². The number of aryl methyl sites for hydroxylation is 2. The van der Waals surface area contributed by atoms with E-state index in [0.29, 0.717) is 5.56 Å². The average molecular weight is 286 g/mol. The fourth-order valence-corrected chi connectivity index (χ4v) is 2.18. The number of aliphatic imine (C=N–C) groups is 1. The highest BCUT2D eigenvalue weighted by Crippen LogP contribution is 2.15. The molecule has 0 aliphatic heterocycles. The van der Waals surface area contributed by atoms with Crippen molar-refractivity contribution in [1.29, 1.82) is 0 Å². The first-order valence-electron chi connectivity index (χ1n) is 5.98. The standard InChI is InChI=1S/C14H14N4OS/c1-9-8-10(2)17-14(16-9)18-13(15)20-12(19)11-6-4-3-5-7-11/h3-8H,1-2H3,(H2,15,16,17,18). The molecule has 0 unspecified atom stereocenters. The first-order valence-corrected chi connectivity index (χ1v) is 6.80. The highest BCUT2D eigenvalue weighted by Gasteiger charge is 2.09. The maximum Gasteiger partial charge on any atom is 0.252 e. The molecule has 1 aromatic heterocycles. The van der Waals surface area contributed by atoms with Crippen LogP contribution in [-0.2, 0) is 0 Å². The second-order valence-corrected chi connectivity index (χ2v) is 5.15. The summed E-state index contributed by atoms with van der Waals surface area (Å²) in [7, 11) is 0. The molecule has 0 fully saturated rings. The molecule has 2 rings (SSSR count). The van der Waals surface area contributed by atoms with E-state index in [0.717, 1.165) is 23.1 Å². The van der Waals surface area contributed by atoms with Gasteiger partial charge in [-0.2, -0.15) is 4.99 Å². The maximum atomic E-state index is 11.9. The Labute approximate surface area is 121 Å². The monoisotopic (exact) mass is 286 g/mol. The SMILES string of the molecule is Cc1cc(C)nc(/N=C(\N)SC(=O)c2ccccc2)n1. The molecule has 0 radical (unpaired) electrons. The zero-order chi connectivity index (χ0) is 14.5. The smallest absolute Gasteiger partial charge is 0.252 e. The van der Waals surface area contributed by atoms with E-state index in [9.17, 15) is 4.79 Å². The summed E-state index contributed by atoms with van der Waals surface area (Å²) in [6.45, 7) is 3.71. The van der Waals surface area contributed by atoms with Crippen LogP contribution in [-0.4, -0.2) is 20.3 Å². The number of hydrogen-bond acceptors (Lipinski definition) is 5. The van der Waals surface area contributed by atoms with Crippen LogP contribution in [0, 0.1) is 13.8 Å². The summed E-state index contributed by atoms with van der Waals surface area (Å²) in [5.74, 6) is 0.272.